The number of halogens is 4. The SMILES string of the molecule is CN(c1nn2c(-c3ccc(C(F)(F)F)cc3)c(-c3ccccc3Cl)cnc2c1C(=O)O)S(C)(=O)=O. The summed E-state index contributed by atoms with van der Waals surface area (Å²) in [5.74, 6) is -1.89. The highest BCUT2D eigenvalue weighted by atomic mass is 35.5. The number of aromatic nitrogens is 3. The van der Waals surface area contributed by atoms with E-state index in [1.54, 1.807) is 24.3 Å². The maximum atomic E-state index is 13.1. The fourth-order valence-corrected chi connectivity index (χ4v) is 4.19. The standard InChI is InChI=1S/C22H16ClF3N4O4S/c1-29(35(2,33)34)20-17(21(31)32)19-27-11-15(14-5-3-4-6-16(14)23)18(30(19)28-20)12-7-9-13(10-8-12)22(24,25)26/h3-11H,1-2H3,(H,31,32). The van der Waals surface area contributed by atoms with Gasteiger partial charge in [0.2, 0.25) is 10.0 Å². The number of rotatable bonds is 5. The Labute approximate surface area is 202 Å². The van der Waals surface area contributed by atoms with Crippen molar-refractivity contribution in [2.75, 3.05) is 17.6 Å². The van der Waals surface area contributed by atoms with Crippen LogP contribution in [0.15, 0.2) is 54.7 Å². The predicted octanol–water partition coefficient (Wildman–Crippen LogP) is 4.83. The third-order valence-electron chi connectivity index (χ3n) is 5.28. The smallest absolute Gasteiger partial charge is 0.416 e. The van der Waals surface area contributed by atoms with Gasteiger partial charge in [0, 0.05) is 35.0 Å². The first-order valence-corrected chi connectivity index (χ1v) is 12.0. The molecule has 0 spiro atoms. The van der Waals surface area contributed by atoms with Crippen LogP contribution in [0.25, 0.3) is 28.0 Å². The maximum absolute atomic E-state index is 13.1. The molecule has 182 valence electrons. The molecule has 0 fully saturated rings. The van der Waals surface area contributed by atoms with Gasteiger partial charge in [-0.25, -0.2) is 22.7 Å². The Hall–Kier alpha value is -3.64. The fraction of sp³-hybridized carbons (Fsp3) is 0.136. The molecule has 1 N–H and O–H groups in total. The molecule has 0 atom stereocenters. The van der Waals surface area contributed by atoms with Crippen LogP contribution >= 0.6 is 11.6 Å². The molecule has 0 unspecified atom stereocenters. The summed E-state index contributed by atoms with van der Waals surface area (Å²) in [4.78, 5) is 16.3. The van der Waals surface area contributed by atoms with Crippen molar-refractivity contribution in [2.45, 2.75) is 6.18 Å². The minimum atomic E-state index is -4.56. The summed E-state index contributed by atoms with van der Waals surface area (Å²) in [5, 5.41) is 14.3. The minimum Gasteiger partial charge on any atom is -0.477 e. The number of sulfonamides is 1. The molecule has 0 amide bonds. The topological polar surface area (TPSA) is 105 Å². The molecule has 2 heterocycles. The largest absolute Gasteiger partial charge is 0.477 e. The Morgan fingerprint density at radius 2 is 1.71 bits per heavy atom. The number of fused-ring (bicyclic) bond motifs is 1. The number of carboxylic acids is 1. The van der Waals surface area contributed by atoms with Crippen molar-refractivity contribution in [3.8, 4) is 22.4 Å². The summed E-state index contributed by atoms with van der Waals surface area (Å²) in [6, 6.07) is 10.8. The number of alkyl halides is 3. The Balaban J connectivity index is 2.12. The van der Waals surface area contributed by atoms with Gasteiger partial charge in [0.25, 0.3) is 0 Å². The van der Waals surface area contributed by atoms with Crippen LogP contribution in [0.4, 0.5) is 19.0 Å². The van der Waals surface area contributed by atoms with Crippen LogP contribution in [0.2, 0.25) is 5.02 Å². The van der Waals surface area contributed by atoms with E-state index < -0.39 is 39.1 Å². The molecule has 0 aliphatic rings. The summed E-state index contributed by atoms with van der Waals surface area (Å²) < 4.78 is 65.5. The third kappa shape index (κ3) is 4.42. The van der Waals surface area contributed by atoms with E-state index in [9.17, 15) is 31.5 Å². The van der Waals surface area contributed by atoms with Crippen molar-refractivity contribution < 1.29 is 31.5 Å². The van der Waals surface area contributed by atoms with Gasteiger partial charge in [0.05, 0.1) is 17.5 Å². The van der Waals surface area contributed by atoms with E-state index in [2.05, 4.69) is 10.1 Å². The summed E-state index contributed by atoms with van der Waals surface area (Å²) >= 11 is 6.36. The number of benzene rings is 2. The quantitative estimate of drug-likeness (QED) is 0.401. The summed E-state index contributed by atoms with van der Waals surface area (Å²) in [6.07, 6.45) is -2.37. The van der Waals surface area contributed by atoms with E-state index in [4.69, 9.17) is 11.6 Å². The second-order valence-corrected chi connectivity index (χ2v) is 9.97. The average molecular weight is 525 g/mol. The first-order chi connectivity index (χ1) is 16.3. The highest BCUT2D eigenvalue weighted by Gasteiger charge is 2.32. The van der Waals surface area contributed by atoms with Gasteiger partial charge in [-0.1, -0.05) is 41.9 Å². The lowest BCUT2D eigenvalue weighted by molar-refractivity contribution is -0.137. The molecule has 0 aliphatic carbocycles. The fourth-order valence-electron chi connectivity index (χ4n) is 3.51. The van der Waals surface area contributed by atoms with E-state index in [0.29, 0.717) is 20.5 Å². The van der Waals surface area contributed by atoms with E-state index >= 15 is 0 Å². The first kappa shape index (κ1) is 24.5. The van der Waals surface area contributed by atoms with Crippen LogP contribution in [0.5, 0.6) is 0 Å². The van der Waals surface area contributed by atoms with Crippen LogP contribution < -0.4 is 4.31 Å². The molecule has 0 bridgehead atoms. The maximum Gasteiger partial charge on any atom is 0.416 e. The van der Waals surface area contributed by atoms with Gasteiger partial charge < -0.3 is 5.11 Å². The van der Waals surface area contributed by atoms with Crippen molar-refractivity contribution >= 4 is 39.1 Å². The van der Waals surface area contributed by atoms with E-state index in [1.165, 1.54) is 18.3 Å². The number of hydrogen-bond donors (Lipinski definition) is 1. The molecular formula is C22H16ClF3N4O4S. The number of carboxylic acid groups (broad SMARTS) is 1. The van der Waals surface area contributed by atoms with Gasteiger partial charge in [-0.3, -0.25) is 4.31 Å². The zero-order valence-corrected chi connectivity index (χ0v) is 19.6. The monoisotopic (exact) mass is 524 g/mol. The van der Waals surface area contributed by atoms with Crippen LogP contribution in [0.3, 0.4) is 0 Å². The summed E-state index contributed by atoms with van der Waals surface area (Å²) in [5.41, 5.74) is -0.346. The molecule has 35 heavy (non-hydrogen) atoms. The van der Waals surface area contributed by atoms with Gasteiger partial charge in [-0.15, -0.1) is 5.10 Å². The number of aromatic carboxylic acids is 1. The number of carbonyl (C=O) groups is 1. The van der Waals surface area contributed by atoms with E-state index in [-0.39, 0.29) is 16.9 Å². The zero-order valence-electron chi connectivity index (χ0n) is 18.1. The lowest BCUT2D eigenvalue weighted by atomic mass is 9.99. The second-order valence-electron chi connectivity index (χ2n) is 7.55. The normalized spacial score (nSPS) is 12.2. The van der Waals surface area contributed by atoms with Crippen molar-refractivity contribution in [1.29, 1.82) is 0 Å². The van der Waals surface area contributed by atoms with Gasteiger partial charge in [-0.2, -0.15) is 13.2 Å². The summed E-state index contributed by atoms with van der Waals surface area (Å²) in [6.45, 7) is 0. The number of nitrogens with zero attached hydrogens (tertiary/aromatic N) is 4. The van der Waals surface area contributed by atoms with Crippen molar-refractivity contribution in [1.82, 2.24) is 14.6 Å². The molecule has 0 radical (unpaired) electrons. The molecule has 0 aliphatic heterocycles. The zero-order chi connectivity index (χ0) is 25.7. The van der Waals surface area contributed by atoms with Gasteiger partial charge in [-0.05, 0) is 18.2 Å². The molecule has 8 nitrogen and oxygen atoms in total. The third-order valence-corrected chi connectivity index (χ3v) is 6.78. The molecule has 2 aromatic heterocycles. The van der Waals surface area contributed by atoms with Gasteiger partial charge >= 0.3 is 12.1 Å². The number of hydrogen-bond acceptors (Lipinski definition) is 5. The van der Waals surface area contributed by atoms with Crippen molar-refractivity contribution in [3.63, 3.8) is 0 Å². The second kappa shape index (κ2) is 8.54. The van der Waals surface area contributed by atoms with Crippen LogP contribution in [-0.2, 0) is 16.2 Å². The lowest BCUT2D eigenvalue weighted by Gasteiger charge is -2.14. The highest BCUT2D eigenvalue weighted by molar-refractivity contribution is 7.92. The summed E-state index contributed by atoms with van der Waals surface area (Å²) in [7, 11) is -2.77. The van der Waals surface area contributed by atoms with Crippen LogP contribution in [-0.4, -0.2) is 47.4 Å². The molecule has 4 rings (SSSR count). The molecule has 0 saturated carbocycles. The van der Waals surface area contributed by atoms with Crippen molar-refractivity contribution in [2.24, 2.45) is 0 Å². The van der Waals surface area contributed by atoms with Gasteiger partial charge in [0.15, 0.2) is 11.5 Å². The van der Waals surface area contributed by atoms with Crippen molar-refractivity contribution in [3.05, 3.63) is 70.9 Å². The van der Waals surface area contributed by atoms with Crippen LogP contribution in [0.1, 0.15) is 15.9 Å². The lowest BCUT2D eigenvalue weighted by Crippen LogP contribution is -2.26. The average Bonchev–Trinajstić information content (AvgIpc) is 3.17. The highest BCUT2D eigenvalue weighted by Crippen LogP contribution is 2.39. The Bertz CT molecular complexity index is 1570. The molecule has 4 aromatic rings. The van der Waals surface area contributed by atoms with Gasteiger partial charge in [0.1, 0.15) is 5.56 Å². The minimum absolute atomic E-state index is 0.174. The van der Waals surface area contributed by atoms with Crippen LogP contribution in [0, 0.1) is 0 Å². The van der Waals surface area contributed by atoms with E-state index in [1.807, 2.05) is 0 Å². The Morgan fingerprint density at radius 1 is 1.09 bits per heavy atom. The number of anilines is 1. The van der Waals surface area contributed by atoms with E-state index in [0.717, 1.165) is 30.0 Å². The Kier molecular flexibility index (Phi) is 5.97. The molecule has 13 heteroatoms. The predicted molar refractivity (Wildman–Crippen MR) is 124 cm³/mol. The first-order valence-electron chi connectivity index (χ1n) is 9.82. The Morgan fingerprint density at radius 3 is 2.26 bits per heavy atom. The molecule has 2 aromatic carbocycles. The molecule has 0 saturated heterocycles. The molecular weight excluding hydrogens is 509 g/mol.